The molecule has 168 valence electrons. The Morgan fingerprint density at radius 3 is 2.62 bits per heavy atom. The van der Waals surface area contributed by atoms with Crippen LogP contribution in [0.5, 0.6) is 0 Å². The minimum Gasteiger partial charge on any atom is -0.325 e. The van der Waals surface area contributed by atoms with Gasteiger partial charge >= 0.3 is 6.18 Å². The van der Waals surface area contributed by atoms with Gasteiger partial charge in [-0.2, -0.15) is 18.3 Å². The first-order chi connectivity index (χ1) is 15.1. The minimum absolute atomic E-state index is 0.0631. The van der Waals surface area contributed by atoms with Gasteiger partial charge in [0.05, 0.1) is 11.9 Å². The second-order valence-electron chi connectivity index (χ2n) is 8.35. The smallest absolute Gasteiger partial charge is 0.325 e. The predicted molar refractivity (Wildman–Crippen MR) is 116 cm³/mol. The van der Waals surface area contributed by atoms with E-state index in [2.05, 4.69) is 23.9 Å². The number of aromatic nitrogens is 3. The molecule has 1 amide bonds. The summed E-state index contributed by atoms with van der Waals surface area (Å²) in [6.45, 7) is 3.75. The number of carbonyl (C=O) groups excluding carboxylic acids is 1. The Labute approximate surface area is 188 Å². The molecule has 0 aliphatic carbocycles. The van der Waals surface area contributed by atoms with Crippen molar-refractivity contribution < 1.29 is 18.0 Å². The van der Waals surface area contributed by atoms with Crippen LogP contribution in [0.2, 0.25) is 5.15 Å². The lowest BCUT2D eigenvalue weighted by Gasteiger charge is -2.17. The van der Waals surface area contributed by atoms with E-state index in [1.807, 2.05) is 16.9 Å². The van der Waals surface area contributed by atoms with Crippen molar-refractivity contribution in [3.05, 3.63) is 59.0 Å². The van der Waals surface area contributed by atoms with Gasteiger partial charge in [-0.3, -0.25) is 9.48 Å². The van der Waals surface area contributed by atoms with E-state index in [4.69, 9.17) is 11.6 Å². The summed E-state index contributed by atoms with van der Waals surface area (Å²) >= 11 is 6.15. The highest BCUT2D eigenvalue weighted by molar-refractivity contribution is 6.29. The highest BCUT2D eigenvalue weighted by atomic mass is 35.5. The Morgan fingerprint density at radius 1 is 1.12 bits per heavy atom. The molecule has 0 spiro atoms. The highest BCUT2D eigenvalue weighted by Crippen LogP contribution is 2.35. The number of halogens is 4. The number of hydrogen-bond acceptors (Lipinski definition) is 3. The van der Waals surface area contributed by atoms with Crippen LogP contribution in [0, 0.1) is 5.92 Å². The number of amides is 1. The molecule has 0 saturated carbocycles. The Kier molecular flexibility index (Phi) is 5.99. The predicted octanol–water partition coefficient (Wildman–Crippen LogP) is 5.83. The molecule has 3 heterocycles. The Hall–Kier alpha value is -2.87. The van der Waals surface area contributed by atoms with Crippen LogP contribution in [-0.4, -0.2) is 38.3 Å². The van der Waals surface area contributed by atoms with Crippen LogP contribution < -0.4 is 0 Å². The van der Waals surface area contributed by atoms with E-state index in [9.17, 15) is 18.0 Å². The van der Waals surface area contributed by atoms with Crippen molar-refractivity contribution in [3.8, 4) is 22.4 Å². The van der Waals surface area contributed by atoms with Crippen LogP contribution in [0.25, 0.3) is 22.4 Å². The normalized spacial score (nSPS) is 13.8. The SMILES string of the molecule is CC(C)CCn1cc(-c2ccc(Cl)nc2-c2ccc3c(c2)C(=O)N(CC(F)(F)F)C3)cn1. The molecule has 32 heavy (non-hydrogen) atoms. The third kappa shape index (κ3) is 4.80. The molecule has 3 aromatic rings. The first kappa shape index (κ1) is 22.3. The van der Waals surface area contributed by atoms with Gasteiger partial charge < -0.3 is 4.90 Å². The second kappa shape index (κ2) is 8.58. The molecule has 0 radical (unpaired) electrons. The van der Waals surface area contributed by atoms with Crippen LogP contribution in [0.1, 0.15) is 36.2 Å². The molecule has 1 aliphatic rings. The molecule has 0 N–H and O–H groups in total. The molecule has 0 bridgehead atoms. The maximum atomic E-state index is 12.8. The number of nitrogens with zero attached hydrogens (tertiary/aromatic N) is 4. The molecule has 0 unspecified atom stereocenters. The maximum absolute atomic E-state index is 12.8. The number of carbonyl (C=O) groups is 1. The van der Waals surface area contributed by atoms with Gasteiger partial charge in [-0.15, -0.1) is 0 Å². The minimum atomic E-state index is -4.45. The Balaban J connectivity index is 1.68. The first-order valence-corrected chi connectivity index (χ1v) is 10.7. The number of alkyl halides is 3. The molecule has 9 heteroatoms. The molecule has 4 rings (SSSR count). The van der Waals surface area contributed by atoms with Gasteiger partial charge in [0.25, 0.3) is 5.91 Å². The van der Waals surface area contributed by atoms with Crippen molar-refractivity contribution in [2.24, 2.45) is 5.92 Å². The van der Waals surface area contributed by atoms with E-state index in [1.54, 1.807) is 30.5 Å². The van der Waals surface area contributed by atoms with Gasteiger partial charge in [0.1, 0.15) is 11.7 Å². The van der Waals surface area contributed by atoms with Gasteiger partial charge in [-0.25, -0.2) is 4.98 Å². The van der Waals surface area contributed by atoms with Crippen molar-refractivity contribution in [3.63, 3.8) is 0 Å². The lowest BCUT2D eigenvalue weighted by atomic mass is 9.98. The quantitative estimate of drug-likeness (QED) is 0.433. The average Bonchev–Trinajstić information content (AvgIpc) is 3.30. The van der Waals surface area contributed by atoms with Gasteiger partial charge in [-0.05, 0) is 36.1 Å². The van der Waals surface area contributed by atoms with Gasteiger partial charge in [0.15, 0.2) is 0 Å². The summed E-state index contributed by atoms with van der Waals surface area (Å²) in [5.74, 6) is -0.0828. The summed E-state index contributed by atoms with van der Waals surface area (Å²) in [5.41, 5.74) is 3.60. The summed E-state index contributed by atoms with van der Waals surface area (Å²) in [6, 6.07) is 8.54. The third-order valence-electron chi connectivity index (χ3n) is 5.37. The maximum Gasteiger partial charge on any atom is 0.406 e. The summed E-state index contributed by atoms with van der Waals surface area (Å²) < 4.78 is 40.3. The van der Waals surface area contributed by atoms with Gasteiger partial charge in [-0.1, -0.05) is 37.6 Å². The van der Waals surface area contributed by atoms with Crippen molar-refractivity contribution in [1.82, 2.24) is 19.7 Å². The fraction of sp³-hybridized carbons (Fsp3) is 0.348. The summed E-state index contributed by atoms with van der Waals surface area (Å²) in [4.78, 5) is 17.8. The molecule has 0 fully saturated rings. The molecule has 2 aromatic heterocycles. The van der Waals surface area contributed by atoms with E-state index in [1.165, 1.54) is 0 Å². The fourth-order valence-electron chi connectivity index (χ4n) is 3.76. The summed E-state index contributed by atoms with van der Waals surface area (Å²) in [7, 11) is 0. The van der Waals surface area contributed by atoms with Crippen LogP contribution in [0.4, 0.5) is 13.2 Å². The number of rotatable bonds is 6. The van der Waals surface area contributed by atoms with Crippen LogP contribution in [0.15, 0.2) is 42.7 Å². The summed E-state index contributed by atoms with van der Waals surface area (Å²) in [5, 5.41) is 4.70. The molecule has 0 saturated heterocycles. The van der Waals surface area contributed by atoms with E-state index in [0.29, 0.717) is 22.7 Å². The number of pyridine rings is 1. The number of hydrogen-bond donors (Lipinski definition) is 0. The zero-order valence-electron chi connectivity index (χ0n) is 17.7. The molecule has 0 atom stereocenters. The van der Waals surface area contributed by atoms with Crippen LogP contribution in [0.3, 0.4) is 0 Å². The van der Waals surface area contributed by atoms with Crippen molar-refractivity contribution in [1.29, 1.82) is 0 Å². The Bertz CT molecular complexity index is 1160. The standard InChI is InChI=1S/C23H22ClF3N4O/c1-14(2)7-8-31-12-17(10-28-31)18-5-6-20(24)29-21(18)15-3-4-16-11-30(13-23(25,26)27)22(32)19(16)9-15/h3-6,9-10,12,14H,7-8,11,13H2,1-2H3. The molecule has 1 aromatic carbocycles. The Morgan fingerprint density at radius 2 is 1.91 bits per heavy atom. The highest BCUT2D eigenvalue weighted by Gasteiger charge is 2.37. The third-order valence-corrected chi connectivity index (χ3v) is 5.58. The first-order valence-electron chi connectivity index (χ1n) is 10.3. The zero-order chi connectivity index (χ0) is 23.0. The van der Waals surface area contributed by atoms with E-state index in [-0.39, 0.29) is 17.3 Å². The lowest BCUT2D eigenvalue weighted by molar-refractivity contribution is -0.140. The zero-order valence-corrected chi connectivity index (χ0v) is 18.4. The lowest BCUT2D eigenvalue weighted by Crippen LogP contribution is -2.34. The molecule has 1 aliphatic heterocycles. The van der Waals surface area contributed by atoms with Crippen molar-refractivity contribution in [2.75, 3.05) is 6.54 Å². The monoisotopic (exact) mass is 462 g/mol. The summed E-state index contributed by atoms with van der Waals surface area (Å²) in [6.07, 6.45) is 0.227. The number of fused-ring (bicyclic) bond motifs is 1. The van der Waals surface area contributed by atoms with Crippen molar-refractivity contribution >= 4 is 17.5 Å². The largest absolute Gasteiger partial charge is 0.406 e. The average molecular weight is 463 g/mol. The number of benzene rings is 1. The van der Waals surface area contributed by atoms with Crippen molar-refractivity contribution in [2.45, 2.75) is 39.5 Å². The van der Waals surface area contributed by atoms with Crippen LogP contribution >= 0.6 is 11.6 Å². The van der Waals surface area contributed by atoms with Gasteiger partial charge in [0, 0.05) is 41.5 Å². The molecule has 5 nitrogen and oxygen atoms in total. The second-order valence-corrected chi connectivity index (χ2v) is 8.74. The van der Waals surface area contributed by atoms with E-state index >= 15 is 0 Å². The molecular formula is C23H22ClF3N4O. The number of aryl methyl sites for hydroxylation is 1. The van der Waals surface area contributed by atoms with Crippen LogP contribution in [-0.2, 0) is 13.1 Å². The van der Waals surface area contributed by atoms with E-state index in [0.717, 1.165) is 29.0 Å². The topological polar surface area (TPSA) is 51.0 Å². The van der Waals surface area contributed by atoms with Gasteiger partial charge in [0.2, 0.25) is 0 Å². The molecular weight excluding hydrogens is 441 g/mol. The van der Waals surface area contributed by atoms with E-state index < -0.39 is 18.6 Å². The fourth-order valence-corrected chi connectivity index (χ4v) is 3.90.